The summed E-state index contributed by atoms with van der Waals surface area (Å²) in [5, 5.41) is 11.9. The van der Waals surface area contributed by atoms with Crippen LogP contribution in [-0.4, -0.2) is 27.0 Å². The van der Waals surface area contributed by atoms with Crippen LogP contribution in [0.1, 0.15) is 25.3 Å². The molecule has 1 aliphatic rings. The fraction of sp³-hybridized carbons (Fsp3) is 0.462. The van der Waals surface area contributed by atoms with Crippen molar-refractivity contribution in [3.8, 4) is 6.07 Å². The standard InChI is InChI=1S/C13H16FN3O2S/c1-13(4-6-16-7-5-13)17-20(18,19)11-2-3-12(14)10(8-11)9-15/h2-3,8,16-17H,4-7H2,1H3. The third-order valence-electron chi connectivity index (χ3n) is 3.46. The molecule has 1 aromatic rings. The fourth-order valence-corrected chi connectivity index (χ4v) is 3.71. The fourth-order valence-electron chi connectivity index (χ4n) is 2.22. The molecule has 0 amide bonds. The molecule has 0 saturated carbocycles. The van der Waals surface area contributed by atoms with Crippen LogP contribution in [0, 0.1) is 17.1 Å². The number of rotatable bonds is 3. The number of nitrogens with zero attached hydrogens (tertiary/aromatic N) is 1. The second-order valence-electron chi connectivity index (χ2n) is 5.17. The normalized spacial score (nSPS) is 18.4. The maximum atomic E-state index is 13.2. The molecule has 1 heterocycles. The van der Waals surface area contributed by atoms with Crippen molar-refractivity contribution in [3.63, 3.8) is 0 Å². The maximum Gasteiger partial charge on any atom is 0.241 e. The Balaban J connectivity index is 2.29. The summed E-state index contributed by atoms with van der Waals surface area (Å²) < 4.78 is 40.5. The van der Waals surface area contributed by atoms with Crippen LogP contribution in [0.15, 0.2) is 23.1 Å². The van der Waals surface area contributed by atoms with Crippen molar-refractivity contribution in [1.29, 1.82) is 5.26 Å². The first-order valence-corrected chi connectivity index (χ1v) is 7.79. The van der Waals surface area contributed by atoms with Crippen molar-refractivity contribution in [2.45, 2.75) is 30.2 Å². The highest BCUT2D eigenvalue weighted by Gasteiger charge is 2.32. The molecular weight excluding hydrogens is 281 g/mol. The molecule has 0 aromatic heterocycles. The summed E-state index contributed by atoms with van der Waals surface area (Å²) in [6, 6.07) is 4.87. The van der Waals surface area contributed by atoms with Crippen molar-refractivity contribution in [2.75, 3.05) is 13.1 Å². The summed E-state index contributed by atoms with van der Waals surface area (Å²) >= 11 is 0. The van der Waals surface area contributed by atoms with E-state index in [0.717, 1.165) is 25.2 Å². The van der Waals surface area contributed by atoms with E-state index >= 15 is 0 Å². The molecule has 1 saturated heterocycles. The topological polar surface area (TPSA) is 82.0 Å². The first-order chi connectivity index (χ1) is 9.36. The highest BCUT2D eigenvalue weighted by atomic mass is 32.2. The van der Waals surface area contributed by atoms with Gasteiger partial charge in [0.25, 0.3) is 0 Å². The smallest absolute Gasteiger partial charge is 0.241 e. The van der Waals surface area contributed by atoms with Gasteiger partial charge in [0.15, 0.2) is 0 Å². The van der Waals surface area contributed by atoms with E-state index in [1.165, 1.54) is 6.07 Å². The number of sulfonamides is 1. The third kappa shape index (κ3) is 3.15. The summed E-state index contributed by atoms with van der Waals surface area (Å²) in [5.74, 6) is -0.723. The van der Waals surface area contributed by atoms with Gasteiger partial charge in [-0.25, -0.2) is 17.5 Å². The number of nitriles is 1. The van der Waals surface area contributed by atoms with E-state index in [2.05, 4.69) is 10.0 Å². The van der Waals surface area contributed by atoms with E-state index in [9.17, 15) is 12.8 Å². The second-order valence-corrected chi connectivity index (χ2v) is 6.85. The minimum Gasteiger partial charge on any atom is -0.317 e. The zero-order valence-corrected chi connectivity index (χ0v) is 11.9. The molecule has 0 unspecified atom stereocenters. The number of halogens is 1. The van der Waals surface area contributed by atoms with Crippen molar-refractivity contribution >= 4 is 10.0 Å². The van der Waals surface area contributed by atoms with Crippen molar-refractivity contribution in [1.82, 2.24) is 10.0 Å². The van der Waals surface area contributed by atoms with Crippen LogP contribution in [0.3, 0.4) is 0 Å². The van der Waals surface area contributed by atoms with Gasteiger partial charge in [0.1, 0.15) is 11.9 Å². The Morgan fingerprint density at radius 3 is 2.65 bits per heavy atom. The van der Waals surface area contributed by atoms with Crippen molar-refractivity contribution in [2.24, 2.45) is 0 Å². The molecule has 1 aromatic carbocycles. The molecule has 0 bridgehead atoms. The van der Waals surface area contributed by atoms with Crippen LogP contribution < -0.4 is 10.0 Å². The largest absolute Gasteiger partial charge is 0.317 e. The monoisotopic (exact) mass is 297 g/mol. The van der Waals surface area contributed by atoms with Gasteiger partial charge in [0, 0.05) is 5.54 Å². The van der Waals surface area contributed by atoms with Gasteiger partial charge in [-0.05, 0) is 51.1 Å². The number of piperidine rings is 1. The quantitative estimate of drug-likeness (QED) is 0.876. The van der Waals surface area contributed by atoms with Crippen LogP contribution in [0.25, 0.3) is 0 Å². The van der Waals surface area contributed by atoms with E-state index in [4.69, 9.17) is 5.26 Å². The predicted molar refractivity (Wildman–Crippen MR) is 71.9 cm³/mol. The lowest BCUT2D eigenvalue weighted by Crippen LogP contribution is -2.52. The lowest BCUT2D eigenvalue weighted by Gasteiger charge is -2.34. The van der Waals surface area contributed by atoms with E-state index in [1.54, 1.807) is 6.07 Å². The molecule has 1 aliphatic heterocycles. The van der Waals surface area contributed by atoms with Gasteiger partial charge in [0.2, 0.25) is 10.0 Å². The zero-order chi connectivity index (χ0) is 14.8. The Kier molecular flexibility index (Phi) is 4.09. The number of benzene rings is 1. The molecule has 20 heavy (non-hydrogen) atoms. The Hall–Kier alpha value is -1.49. The molecule has 7 heteroatoms. The van der Waals surface area contributed by atoms with Crippen LogP contribution in [0.4, 0.5) is 4.39 Å². The maximum absolute atomic E-state index is 13.2. The van der Waals surface area contributed by atoms with Crippen LogP contribution in [0.2, 0.25) is 0 Å². The lowest BCUT2D eigenvalue weighted by molar-refractivity contribution is 0.308. The highest BCUT2D eigenvalue weighted by molar-refractivity contribution is 7.89. The Labute approximate surface area is 117 Å². The molecule has 0 aliphatic carbocycles. The molecule has 1 fully saturated rings. The molecule has 0 spiro atoms. The summed E-state index contributed by atoms with van der Waals surface area (Å²) in [4.78, 5) is -0.0878. The average molecular weight is 297 g/mol. The minimum absolute atomic E-state index is 0.0878. The van der Waals surface area contributed by atoms with Gasteiger partial charge in [-0.1, -0.05) is 0 Å². The van der Waals surface area contributed by atoms with E-state index in [0.29, 0.717) is 12.8 Å². The van der Waals surface area contributed by atoms with Gasteiger partial charge >= 0.3 is 0 Å². The van der Waals surface area contributed by atoms with Crippen LogP contribution in [-0.2, 0) is 10.0 Å². The molecule has 2 N–H and O–H groups in total. The van der Waals surface area contributed by atoms with Crippen LogP contribution >= 0.6 is 0 Å². The zero-order valence-electron chi connectivity index (χ0n) is 11.1. The van der Waals surface area contributed by atoms with Crippen molar-refractivity contribution in [3.05, 3.63) is 29.6 Å². The SMILES string of the molecule is CC1(NS(=O)(=O)c2ccc(F)c(C#N)c2)CCNCC1. The first kappa shape index (κ1) is 14.9. The van der Waals surface area contributed by atoms with E-state index in [-0.39, 0.29) is 10.5 Å². The molecule has 2 rings (SSSR count). The predicted octanol–water partition coefficient (Wildman–Crippen LogP) is 1.12. The van der Waals surface area contributed by atoms with Crippen molar-refractivity contribution < 1.29 is 12.8 Å². The van der Waals surface area contributed by atoms with Gasteiger partial charge in [-0.3, -0.25) is 0 Å². The Morgan fingerprint density at radius 1 is 1.40 bits per heavy atom. The first-order valence-electron chi connectivity index (χ1n) is 6.31. The van der Waals surface area contributed by atoms with E-state index in [1.807, 2.05) is 6.92 Å². The van der Waals surface area contributed by atoms with Gasteiger partial charge in [-0.15, -0.1) is 0 Å². The van der Waals surface area contributed by atoms with Gasteiger partial charge in [0.05, 0.1) is 10.5 Å². The third-order valence-corrected chi connectivity index (χ3v) is 5.09. The second kappa shape index (κ2) is 5.48. The van der Waals surface area contributed by atoms with Gasteiger partial charge in [-0.2, -0.15) is 5.26 Å². The molecule has 0 radical (unpaired) electrons. The Bertz CT molecular complexity index is 646. The summed E-state index contributed by atoms with van der Waals surface area (Å²) in [7, 11) is -3.76. The highest BCUT2D eigenvalue weighted by Crippen LogP contribution is 2.22. The minimum atomic E-state index is -3.76. The summed E-state index contributed by atoms with van der Waals surface area (Å²) in [6.07, 6.45) is 1.36. The molecule has 5 nitrogen and oxygen atoms in total. The Morgan fingerprint density at radius 2 is 2.05 bits per heavy atom. The molecule has 108 valence electrons. The van der Waals surface area contributed by atoms with E-state index < -0.39 is 21.4 Å². The lowest BCUT2D eigenvalue weighted by atomic mass is 9.92. The van der Waals surface area contributed by atoms with Crippen LogP contribution in [0.5, 0.6) is 0 Å². The molecule has 0 atom stereocenters. The summed E-state index contributed by atoms with van der Waals surface area (Å²) in [5.41, 5.74) is -0.797. The molecular formula is C13H16FN3O2S. The number of hydrogen-bond donors (Lipinski definition) is 2. The average Bonchev–Trinajstić information content (AvgIpc) is 2.38. The summed E-state index contributed by atoms with van der Waals surface area (Å²) in [6.45, 7) is 3.33. The number of nitrogens with one attached hydrogen (secondary N) is 2. The number of hydrogen-bond acceptors (Lipinski definition) is 4. The van der Waals surface area contributed by atoms with Gasteiger partial charge < -0.3 is 5.32 Å².